The van der Waals surface area contributed by atoms with Crippen molar-refractivity contribution in [3.8, 4) is 11.6 Å². The van der Waals surface area contributed by atoms with Crippen LogP contribution in [-0.2, 0) is 0 Å². The summed E-state index contributed by atoms with van der Waals surface area (Å²) in [5.41, 5.74) is 7.07. The third kappa shape index (κ3) is 3.10. The van der Waals surface area contributed by atoms with Crippen molar-refractivity contribution in [2.75, 3.05) is 11.1 Å². The second-order valence-electron chi connectivity index (χ2n) is 5.49. The van der Waals surface area contributed by atoms with Crippen molar-refractivity contribution >= 4 is 39.6 Å². The Balaban J connectivity index is 1.69. The molecule has 2 heterocycles. The van der Waals surface area contributed by atoms with E-state index in [0.29, 0.717) is 22.4 Å². The average Bonchev–Trinajstić information content (AvgIpc) is 2.67. The minimum absolute atomic E-state index is 0.263. The quantitative estimate of drug-likeness (QED) is 0.507. The van der Waals surface area contributed by atoms with Crippen molar-refractivity contribution < 1.29 is 4.74 Å². The van der Waals surface area contributed by atoms with Crippen molar-refractivity contribution in [2.45, 2.75) is 0 Å². The van der Waals surface area contributed by atoms with Crippen molar-refractivity contribution in [2.24, 2.45) is 0 Å². The van der Waals surface area contributed by atoms with Crippen LogP contribution in [0.2, 0.25) is 5.15 Å². The molecule has 0 saturated carbocycles. The lowest BCUT2D eigenvalue weighted by Crippen LogP contribution is -2.03. The molecule has 0 bridgehead atoms. The van der Waals surface area contributed by atoms with Gasteiger partial charge < -0.3 is 15.8 Å². The Kier molecular flexibility index (Phi) is 4.25. The molecule has 2 aromatic heterocycles. The molecule has 0 aliphatic rings. The SMILES string of the molecule is Nc1c(Nc2cccnc2Cl)ncnc1Oc1cccc2ccccc12. The van der Waals surface area contributed by atoms with Crippen molar-refractivity contribution in [3.63, 3.8) is 0 Å². The van der Waals surface area contributed by atoms with Crippen molar-refractivity contribution in [1.29, 1.82) is 0 Å². The van der Waals surface area contributed by atoms with Crippen LogP contribution in [-0.4, -0.2) is 15.0 Å². The van der Waals surface area contributed by atoms with Crippen LogP contribution >= 0.6 is 11.6 Å². The number of nitrogens with two attached hydrogens (primary N) is 1. The zero-order valence-electron chi connectivity index (χ0n) is 13.6. The van der Waals surface area contributed by atoms with E-state index in [9.17, 15) is 0 Å². The molecule has 0 radical (unpaired) electrons. The molecule has 3 N–H and O–H groups in total. The Morgan fingerprint density at radius 1 is 0.923 bits per heavy atom. The lowest BCUT2D eigenvalue weighted by atomic mass is 10.1. The lowest BCUT2D eigenvalue weighted by Gasteiger charge is -2.13. The molecule has 7 heteroatoms. The molecule has 0 aliphatic heterocycles. The Labute approximate surface area is 154 Å². The van der Waals surface area contributed by atoms with E-state index in [1.165, 1.54) is 6.33 Å². The number of nitrogens with one attached hydrogen (secondary N) is 1. The van der Waals surface area contributed by atoms with Gasteiger partial charge in [-0.3, -0.25) is 0 Å². The van der Waals surface area contributed by atoms with Gasteiger partial charge >= 0.3 is 0 Å². The summed E-state index contributed by atoms with van der Waals surface area (Å²) in [6.07, 6.45) is 2.98. The first kappa shape index (κ1) is 16.1. The summed E-state index contributed by atoms with van der Waals surface area (Å²) in [5.74, 6) is 1.32. The Morgan fingerprint density at radius 2 is 1.77 bits per heavy atom. The minimum atomic E-state index is 0.263. The standard InChI is InChI=1S/C19H14ClN5O/c20-17-14(8-4-10-22-17)25-18-16(21)19(24-11-23-18)26-15-9-3-6-12-5-1-2-7-13(12)15/h1-11H,21H2,(H,23,24,25). The lowest BCUT2D eigenvalue weighted by molar-refractivity contribution is 0.470. The summed E-state index contributed by atoms with van der Waals surface area (Å²) in [6.45, 7) is 0. The van der Waals surface area contributed by atoms with Gasteiger partial charge in [-0.15, -0.1) is 0 Å². The van der Waals surface area contributed by atoms with Crippen LogP contribution < -0.4 is 15.8 Å². The number of nitrogens with zero attached hydrogens (tertiary/aromatic N) is 3. The van der Waals surface area contributed by atoms with E-state index in [4.69, 9.17) is 22.1 Å². The van der Waals surface area contributed by atoms with Gasteiger partial charge in [0.2, 0.25) is 5.88 Å². The number of hydrogen-bond acceptors (Lipinski definition) is 6. The molecule has 0 unspecified atom stereocenters. The summed E-state index contributed by atoms with van der Waals surface area (Å²) in [7, 11) is 0. The van der Waals surface area contributed by atoms with Crippen LogP contribution in [0.1, 0.15) is 0 Å². The number of rotatable bonds is 4. The highest BCUT2D eigenvalue weighted by molar-refractivity contribution is 6.32. The number of ether oxygens (including phenoxy) is 1. The van der Waals surface area contributed by atoms with E-state index in [0.717, 1.165) is 10.8 Å². The van der Waals surface area contributed by atoms with E-state index in [2.05, 4.69) is 20.3 Å². The number of hydrogen-bond donors (Lipinski definition) is 2. The number of fused-ring (bicyclic) bond motifs is 1. The van der Waals surface area contributed by atoms with E-state index in [1.807, 2.05) is 42.5 Å². The van der Waals surface area contributed by atoms with Crippen LogP contribution in [0.15, 0.2) is 67.1 Å². The van der Waals surface area contributed by atoms with Gasteiger partial charge in [-0.05, 0) is 23.6 Å². The number of halogens is 1. The van der Waals surface area contributed by atoms with E-state index in [-0.39, 0.29) is 11.6 Å². The summed E-state index contributed by atoms with van der Waals surface area (Å²) in [4.78, 5) is 12.3. The number of aromatic nitrogens is 3. The number of nitrogen functional groups attached to an aromatic ring is 1. The van der Waals surface area contributed by atoms with Gasteiger partial charge in [0.25, 0.3) is 0 Å². The monoisotopic (exact) mass is 363 g/mol. The second-order valence-corrected chi connectivity index (χ2v) is 5.85. The molecule has 2 aromatic carbocycles. The fourth-order valence-electron chi connectivity index (χ4n) is 2.56. The fraction of sp³-hybridized carbons (Fsp3) is 0. The van der Waals surface area contributed by atoms with Gasteiger partial charge in [-0.2, -0.15) is 4.98 Å². The number of benzene rings is 2. The molecular formula is C19H14ClN5O. The molecule has 4 aromatic rings. The summed E-state index contributed by atoms with van der Waals surface area (Å²) in [5, 5.41) is 5.41. The van der Waals surface area contributed by atoms with Crippen LogP contribution in [0.5, 0.6) is 11.6 Å². The van der Waals surface area contributed by atoms with Crippen LogP contribution in [0, 0.1) is 0 Å². The molecular weight excluding hydrogens is 350 g/mol. The number of pyridine rings is 1. The maximum Gasteiger partial charge on any atom is 0.248 e. The first-order valence-corrected chi connectivity index (χ1v) is 8.24. The Hall–Kier alpha value is -3.38. The molecule has 6 nitrogen and oxygen atoms in total. The van der Waals surface area contributed by atoms with Gasteiger partial charge in [0.15, 0.2) is 11.0 Å². The van der Waals surface area contributed by atoms with Gasteiger partial charge in [-0.25, -0.2) is 9.97 Å². The largest absolute Gasteiger partial charge is 0.436 e. The molecule has 0 atom stereocenters. The highest BCUT2D eigenvalue weighted by Crippen LogP contribution is 2.34. The predicted octanol–water partition coefficient (Wildman–Crippen LogP) is 4.80. The summed E-state index contributed by atoms with van der Waals surface area (Å²) >= 11 is 6.07. The fourth-order valence-corrected chi connectivity index (χ4v) is 2.72. The van der Waals surface area contributed by atoms with Gasteiger partial charge in [0.1, 0.15) is 17.8 Å². The van der Waals surface area contributed by atoms with Gasteiger partial charge in [0.05, 0.1) is 5.69 Å². The predicted molar refractivity (Wildman–Crippen MR) is 103 cm³/mol. The Bertz CT molecular complexity index is 1080. The van der Waals surface area contributed by atoms with Crippen LogP contribution in [0.3, 0.4) is 0 Å². The maximum atomic E-state index is 6.20. The first-order chi connectivity index (χ1) is 12.7. The zero-order chi connectivity index (χ0) is 17.9. The summed E-state index contributed by atoms with van der Waals surface area (Å²) in [6, 6.07) is 17.3. The molecule has 0 spiro atoms. The highest BCUT2D eigenvalue weighted by Gasteiger charge is 2.13. The zero-order valence-corrected chi connectivity index (χ0v) is 14.3. The van der Waals surface area contributed by atoms with Gasteiger partial charge in [0, 0.05) is 11.6 Å². The van der Waals surface area contributed by atoms with E-state index < -0.39 is 0 Å². The molecule has 0 fully saturated rings. The third-order valence-corrected chi connectivity index (χ3v) is 4.12. The first-order valence-electron chi connectivity index (χ1n) is 7.86. The molecule has 4 rings (SSSR count). The highest BCUT2D eigenvalue weighted by atomic mass is 35.5. The van der Waals surface area contributed by atoms with Crippen molar-refractivity contribution in [3.05, 3.63) is 72.3 Å². The average molecular weight is 364 g/mol. The minimum Gasteiger partial charge on any atom is -0.436 e. The molecule has 26 heavy (non-hydrogen) atoms. The topological polar surface area (TPSA) is 86.0 Å². The van der Waals surface area contributed by atoms with Crippen LogP contribution in [0.4, 0.5) is 17.2 Å². The molecule has 0 saturated heterocycles. The normalized spacial score (nSPS) is 10.7. The summed E-state index contributed by atoms with van der Waals surface area (Å²) < 4.78 is 5.97. The second kappa shape index (κ2) is 6.85. The van der Waals surface area contributed by atoms with Crippen molar-refractivity contribution in [1.82, 2.24) is 15.0 Å². The van der Waals surface area contributed by atoms with Crippen LogP contribution in [0.25, 0.3) is 10.8 Å². The van der Waals surface area contributed by atoms with Gasteiger partial charge in [-0.1, -0.05) is 48.0 Å². The number of anilines is 3. The molecule has 0 aliphatic carbocycles. The molecule has 0 amide bonds. The van der Waals surface area contributed by atoms with E-state index in [1.54, 1.807) is 18.3 Å². The maximum absolute atomic E-state index is 6.20. The van der Waals surface area contributed by atoms with E-state index >= 15 is 0 Å². The molecule has 128 valence electrons. The Morgan fingerprint density at radius 3 is 2.65 bits per heavy atom. The third-order valence-electron chi connectivity index (χ3n) is 3.82. The smallest absolute Gasteiger partial charge is 0.248 e.